The Morgan fingerprint density at radius 2 is 1.83 bits per heavy atom. The van der Waals surface area contributed by atoms with Crippen LogP contribution in [0.5, 0.6) is 0 Å². The number of aliphatic hydroxyl groups is 1. The average Bonchev–Trinajstić information content (AvgIpc) is 2.81. The highest BCUT2D eigenvalue weighted by molar-refractivity contribution is 5.99. The number of nitrogens with two attached hydrogens (primary N) is 1. The summed E-state index contributed by atoms with van der Waals surface area (Å²) in [5.41, 5.74) is 8.82. The van der Waals surface area contributed by atoms with E-state index in [0.29, 0.717) is 22.2 Å². The second-order valence-corrected chi connectivity index (χ2v) is 5.92. The lowest BCUT2D eigenvalue weighted by molar-refractivity contribution is 0.175. The molecular weight excluding hydrogens is 302 g/mol. The molecule has 6 heteroatoms. The van der Waals surface area contributed by atoms with Crippen molar-refractivity contribution in [3.05, 3.63) is 42.0 Å². The molecule has 4 aromatic rings. The van der Waals surface area contributed by atoms with Gasteiger partial charge in [-0.1, -0.05) is 24.3 Å². The quantitative estimate of drug-likeness (QED) is 0.553. The predicted molar refractivity (Wildman–Crippen MR) is 93.3 cm³/mol. The second kappa shape index (κ2) is 5.18. The van der Waals surface area contributed by atoms with E-state index in [2.05, 4.69) is 16.0 Å². The fraction of sp³-hybridized carbons (Fsp3) is 0.167. The van der Waals surface area contributed by atoms with Gasteiger partial charge in [0.2, 0.25) is 0 Å². The molecule has 0 amide bonds. The Balaban J connectivity index is 2.11. The summed E-state index contributed by atoms with van der Waals surface area (Å²) in [5.74, 6) is 0.285. The third-order valence-corrected chi connectivity index (χ3v) is 4.11. The molecule has 2 aromatic heterocycles. The maximum atomic E-state index is 9.72. The Hall–Kier alpha value is -3.17. The van der Waals surface area contributed by atoms with E-state index in [-0.39, 0.29) is 12.4 Å². The van der Waals surface area contributed by atoms with Crippen LogP contribution in [0, 0.1) is 11.3 Å². The molecule has 2 aromatic carbocycles. The van der Waals surface area contributed by atoms with E-state index >= 15 is 0 Å². The highest BCUT2D eigenvalue weighted by atomic mass is 16.3. The van der Waals surface area contributed by atoms with E-state index in [1.165, 1.54) is 0 Å². The maximum absolute atomic E-state index is 9.72. The zero-order valence-corrected chi connectivity index (χ0v) is 13.1. The topological polar surface area (TPSA) is 101 Å². The summed E-state index contributed by atoms with van der Waals surface area (Å²) in [6, 6.07) is 14.0. The van der Waals surface area contributed by atoms with Crippen molar-refractivity contribution in [1.29, 1.82) is 5.26 Å². The molecule has 0 fully saturated rings. The van der Waals surface area contributed by atoms with Crippen molar-refractivity contribution in [3.63, 3.8) is 0 Å². The summed E-state index contributed by atoms with van der Waals surface area (Å²) in [7, 11) is 0. The van der Waals surface area contributed by atoms with Crippen molar-refractivity contribution in [2.45, 2.75) is 19.6 Å². The fourth-order valence-electron chi connectivity index (χ4n) is 3.02. The number of rotatable bonds is 2. The van der Waals surface area contributed by atoms with Crippen LogP contribution in [0.25, 0.3) is 33.0 Å². The molecule has 1 atom stereocenters. The monoisotopic (exact) mass is 317 g/mol. The van der Waals surface area contributed by atoms with E-state index < -0.39 is 6.10 Å². The number of hydrogen-bond acceptors (Lipinski definition) is 5. The summed E-state index contributed by atoms with van der Waals surface area (Å²) in [6.07, 6.45) is -0.608. The molecule has 0 saturated carbocycles. The molecule has 6 nitrogen and oxygen atoms in total. The van der Waals surface area contributed by atoms with Crippen LogP contribution in [0.2, 0.25) is 0 Å². The van der Waals surface area contributed by atoms with Crippen molar-refractivity contribution >= 4 is 38.8 Å². The molecule has 0 spiro atoms. The van der Waals surface area contributed by atoms with Gasteiger partial charge in [0.15, 0.2) is 5.65 Å². The molecule has 0 radical (unpaired) electrons. The summed E-state index contributed by atoms with van der Waals surface area (Å²) >= 11 is 0. The van der Waals surface area contributed by atoms with E-state index in [4.69, 9.17) is 5.73 Å². The van der Waals surface area contributed by atoms with Crippen LogP contribution in [-0.2, 0) is 6.54 Å². The van der Waals surface area contributed by atoms with Crippen LogP contribution in [0.3, 0.4) is 0 Å². The second-order valence-electron chi connectivity index (χ2n) is 5.92. The van der Waals surface area contributed by atoms with Gasteiger partial charge >= 0.3 is 0 Å². The number of aliphatic hydroxyl groups excluding tert-OH is 1. The first-order chi connectivity index (χ1) is 11.6. The lowest BCUT2D eigenvalue weighted by atomic mass is 10.1. The van der Waals surface area contributed by atoms with Gasteiger partial charge < -0.3 is 15.4 Å². The van der Waals surface area contributed by atoms with Gasteiger partial charge in [0.25, 0.3) is 0 Å². The largest absolute Gasteiger partial charge is 0.392 e. The van der Waals surface area contributed by atoms with E-state index in [1.807, 2.05) is 36.4 Å². The summed E-state index contributed by atoms with van der Waals surface area (Å²) < 4.78 is 1.65. The van der Waals surface area contributed by atoms with Crippen molar-refractivity contribution in [1.82, 2.24) is 14.5 Å². The molecule has 1 unspecified atom stereocenters. The summed E-state index contributed by atoms with van der Waals surface area (Å²) in [6.45, 7) is 1.93. The van der Waals surface area contributed by atoms with Gasteiger partial charge in [-0.2, -0.15) is 5.26 Å². The number of nitriles is 1. The number of fused-ring (bicyclic) bond motifs is 3. The fourth-order valence-corrected chi connectivity index (χ4v) is 3.02. The average molecular weight is 317 g/mol. The first-order valence-electron chi connectivity index (χ1n) is 7.65. The van der Waals surface area contributed by atoms with E-state index in [9.17, 15) is 10.4 Å². The standard InChI is InChI=1S/C18H15N5O/c1-10(24)9-23-17(20)13(8-19)16-18(23)22-15-7-12-5-3-2-4-11(12)6-14(15)21-16/h2-7,10,24H,9,20H2,1H3. The van der Waals surface area contributed by atoms with Gasteiger partial charge in [0, 0.05) is 0 Å². The molecule has 0 aliphatic heterocycles. The Bertz CT molecular complexity index is 1140. The highest BCUT2D eigenvalue weighted by Crippen LogP contribution is 2.29. The normalized spacial score (nSPS) is 12.7. The van der Waals surface area contributed by atoms with Gasteiger partial charge in [0.05, 0.1) is 23.7 Å². The van der Waals surface area contributed by atoms with Crippen LogP contribution in [0.4, 0.5) is 5.82 Å². The molecule has 0 bridgehead atoms. The van der Waals surface area contributed by atoms with Gasteiger partial charge in [-0.15, -0.1) is 0 Å². The lowest BCUT2D eigenvalue weighted by Gasteiger charge is -2.09. The third-order valence-electron chi connectivity index (χ3n) is 4.11. The van der Waals surface area contributed by atoms with Crippen LogP contribution in [0.15, 0.2) is 36.4 Å². The minimum absolute atomic E-state index is 0.262. The maximum Gasteiger partial charge on any atom is 0.162 e. The van der Waals surface area contributed by atoms with Gasteiger partial charge in [-0.05, 0) is 29.8 Å². The SMILES string of the molecule is CC(O)Cn1c(N)c(C#N)c2nc3cc4ccccc4cc3nc21. The number of hydrogen-bond donors (Lipinski definition) is 2. The number of anilines is 1. The smallest absolute Gasteiger partial charge is 0.162 e. The molecule has 0 saturated heterocycles. The van der Waals surface area contributed by atoms with Crippen LogP contribution >= 0.6 is 0 Å². The molecule has 2 heterocycles. The van der Waals surface area contributed by atoms with Crippen molar-refractivity contribution in [2.24, 2.45) is 0 Å². The molecule has 4 rings (SSSR count). The molecule has 3 N–H and O–H groups in total. The molecule has 118 valence electrons. The third kappa shape index (κ3) is 2.07. The first kappa shape index (κ1) is 14.4. The molecule has 24 heavy (non-hydrogen) atoms. The predicted octanol–water partition coefficient (Wildman–Crippen LogP) is 2.57. The number of nitrogens with zero attached hydrogens (tertiary/aromatic N) is 4. The summed E-state index contributed by atoms with van der Waals surface area (Å²) in [5, 5.41) is 21.3. The minimum atomic E-state index is -0.608. The van der Waals surface area contributed by atoms with Gasteiger partial charge in [-0.25, -0.2) is 9.97 Å². The molecular formula is C18H15N5O. The lowest BCUT2D eigenvalue weighted by Crippen LogP contribution is -2.14. The minimum Gasteiger partial charge on any atom is -0.392 e. The molecule has 0 aliphatic rings. The first-order valence-corrected chi connectivity index (χ1v) is 7.65. The van der Waals surface area contributed by atoms with E-state index in [0.717, 1.165) is 16.3 Å². The van der Waals surface area contributed by atoms with Crippen LogP contribution < -0.4 is 5.73 Å². The Morgan fingerprint density at radius 3 is 2.42 bits per heavy atom. The van der Waals surface area contributed by atoms with Gasteiger partial charge in [-0.3, -0.25) is 0 Å². The number of nitrogen functional groups attached to an aromatic ring is 1. The van der Waals surface area contributed by atoms with E-state index in [1.54, 1.807) is 11.5 Å². The molecule has 0 aliphatic carbocycles. The Morgan fingerprint density at radius 1 is 1.21 bits per heavy atom. The van der Waals surface area contributed by atoms with Crippen LogP contribution in [0.1, 0.15) is 12.5 Å². The van der Waals surface area contributed by atoms with Crippen LogP contribution in [-0.4, -0.2) is 25.7 Å². The van der Waals surface area contributed by atoms with Gasteiger partial charge in [0.1, 0.15) is 23.0 Å². The Kier molecular flexibility index (Phi) is 3.12. The number of benzene rings is 2. The van der Waals surface area contributed by atoms with Crippen molar-refractivity contribution in [3.8, 4) is 6.07 Å². The van der Waals surface area contributed by atoms with Crippen molar-refractivity contribution in [2.75, 3.05) is 5.73 Å². The highest BCUT2D eigenvalue weighted by Gasteiger charge is 2.19. The zero-order chi connectivity index (χ0) is 16.8. The summed E-state index contributed by atoms with van der Waals surface area (Å²) in [4.78, 5) is 9.29. The Labute approximate surface area is 137 Å². The zero-order valence-electron chi connectivity index (χ0n) is 13.1. The van der Waals surface area contributed by atoms with Crippen molar-refractivity contribution < 1.29 is 5.11 Å². The number of aromatic nitrogens is 3.